The van der Waals surface area contributed by atoms with Crippen LogP contribution in [0.3, 0.4) is 0 Å². The minimum Gasteiger partial charge on any atom is -0.486 e. The number of rotatable bonds is 4. The summed E-state index contributed by atoms with van der Waals surface area (Å²) in [7, 11) is 0. The quantitative estimate of drug-likeness (QED) is 0.930. The molecular formula is C17H20N2O3S. The SMILES string of the molecule is Cc1nc(C)c(CC(=O)N2C[C@@H](O)[C@H](Oc3ccccc3)C2)s1. The van der Waals surface area contributed by atoms with Crippen LogP contribution in [0.5, 0.6) is 5.75 Å². The topological polar surface area (TPSA) is 62.7 Å². The van der Waals surface area contributed by atoms with Crippen molar-refractivity contribution in [2.75, 3.05) is 13.1 Å². The van der Waals surface area contributed by atoms with Crippen LogP contribution in [0.1, 0.15) is 15.6 Å². The second kappa shape index (κ2) is 6.68. The maximum atomic E-state index is 12.5. The molecule has 2 heterocycles. The third kappa shape index (κ3) is 3.71. The predicted octanol–water partition coefficient (Wildman–Crippen LogP) is 1.95. The summed E-state index contributed by atoms with van der Waals surface area (Å²) >= 11 is 1.55. The maximum absolute atomic E-state index is 12.5. The molecular weight excluding hydrogens is 312 g/mol. The van der Waals surface area contributed by atoms with E-state index in [9.17, 15) is 9.90 Å². The number of aryl methyl sites for hydroxylation is 2. The Balaban J connectivity index is 1.61. The zero-order valence-corrected chi connectivity index (χ0v) is 14.0. The predicted molar refractivity (Wildman–Crippen MR) is 88.7 cm³/mol. The molecule has 0 spiro atoms. The number of thiazole rings is 1. The van der Waals surface area contributed by atoms with Crippen molar-refractivity contribution in [3.8, 4) is 5.75 Å². The lowest BCUT2D eigenvalue weighted by Crippen LogP contribution is -2.32. The lowest BCUT2D eigenvalue weighted by molar-refractivity contribution is -0.129. The van der Waals surface area contributed by atoms with Crippen LogP contribution in [0, 0.1) is 13.8 Å². The second-order valence-corrected chi connectivity index (χ2v) is 7.04. The maximum Gasteiger partial charge on any atom is 0.228 e. The average Bonchev–Trinajstić information content (AvgIpc) is 3.03. The molecule has 1 aliphatic rings. The van der Waals surface area contributed by atoms with Crippen molar-refractivity contribution in [1.29, 1.82) is 0 Å². The summed E-state index contributed by atoms with van der Waals surface area (Å²) < 4.78 is 5.79. The number of likely N-dealkylation sites (tertiary alicyclic amines) is 1. The zero-order valence-electron chi connectivity index (χ0n) is 13.2. The third-order valence-electron chi connectivity index (χ3n) is 3.93. The molecule has 122 valence electrons. The monoisotopic (exact) mass is 332 g/mol. The summed E-state index contributed by atoms with van der Waals surface area (Å²) in [6.45, 7) is 4.58. The Labute approximate surface area is 139 Å². The highest BCUT2D eigenvalue weighted by atomic mass is 32.1. The number of aromatic nitrogens is 1. The molecule has 23 heavy (non-hydrogen) atoms. The average molecular weight is 332 g/mol. The van der Waals surface area contributed by atoms with Gasteiger partial charge in [0, 0.05) is 4.88 Å². The van der Waals surface area contributed by atoms with Gasteiger partial charge in [0.05, 0.1) is 30.2 Å². The van der Waals surface area contributed by atoms with Crippen molar-refractivity contribution >= 4 is 17.2 Å². The van der Waals surface area contributed by atoms with E-state index in [1.165, 1.54) is 0 Å². The molecule has 0 unspecified atom stereocenters. The van der Waals surface area contributed by atoms with Crippen LogP contribution in [-0.2, 0) is 11.2 Å². The summed E-state index contributed by atoms with van der Waals surface area (Å²) in [6.07, 6.45) is -0.712. The minimum absolute atomic E-state index is 0.00922. The molecule has 2 aromatic rings. The smallest absolute Gasteiger partial charge is 0.228 e. The number of ether oxygens (including phenoxy) is 1. The van der Waals surface area contributed by atoms with E-state index in [4.69, 9.17) is 4.74 Å². The minimum atomic E-state index is -0.663. The van der Waals surface area contributed by atoms with Crippen LogP contribution in [0.2, 0.25) is 0 Å². The van der Waals surface area contributed by atoms with E-state index in [0.29, 0.717) is 25.3 Å². The van der Waals surface area contributed by atoms with Gasteiger partial charge in [0.25, 0.3) is 0 Å². The van der Waals surface area contributed by atoms with Crippen molar-refractivity contribution in [3.63, 3.8) is 0 Å². The van der Waals surface area contributed by atoms with Crippen LogP contribution in [0.25, 0.3) is 0 Å². The molecule has 0 aliphatic carbocycles. The first kappa shape index (κ1) is 16.0. The van der Waals surface area contributed by atoms with Crippen LogP contribution < -0.4 is 4.74 Å². The van der Waals surface area contributed by atoms with Crippen molar-refractivity contribution in [1.82, 2.24) is 9.88 Å². The first-order chi connectivity index (χ1) is 11.0. The molecule has 2 atom stereocenters. The molecule has 1 N–H and O–H groups in total. The van der Waals surface area contributed by atoms with E-state index in [-0.39, 0.29) is 12.0 Å². The third-order valence-corrected chi connectivity index (χ3v) is 5.00. The number of aliphatic hydroxyl groups excluding tert-OH is 1. The van der Waals surface area contributed by atoms with E-state index in [1.54, 1.807) is 16.2 Å². The Morgan fingerprint density at radius 2 is 2.09 bits per heavy atom. The van der Waals surface area contributed by atoms with E-state index >= 15 is 0 Å². The number of carbonyl (C=O) groups excluding carboxylic acids is 1. The number of nitrogens with zero attached hydrogens (tertiary/aromatic N) is 2. The number of β-amino-alcohol motifs (C(OH)–C–C–N with tert-alkyl or cyclic N) is 1. The van der Waals surface area contributed by atoms with Gasteiger partial charge in [-0.1, -0.05) is 18.2 Å². The molecule has 1 aromatic heterocycles. The molecule has 1 aliphatic heterocycles. The highest BCUT2D eigenvalue weighted by Crippen LogP contribution is 2.22. The Kier molecular flexibility index (Phi) is 4.63. The van der Waals surface area contributed by atoms with Gasteiger partial charge in [-0.05, 0) is 26.0 Å². The Morgan fingerprint density at radius 3 is 2.74 bits per heavy atom. The standard InChI is InChI=1S/C17H20N2O3S/c1-11-16(23-12(2)18-11)8-17(21)19-9-14(20)15(10-19)22-13-6-4-3-5-7-13/h3-7,14-15,20H,8-10H2,1-2H3/t14-,15-/m1/s1. The molecule has 1 fully saturated rings. The molecule has 1 aromatic carbocycles. The molecule has 0 saturated carbocycles. The van der Waals surface area contributed by atoms with Crippen LogP contribution in [0.15, 0.2) is 30.3 Å². The molecule has 0 bridgehead atoms. The lowest BCUT2D eigenvalue weighted by atomic mass is 10.2. The number of hydrogen-bond donors (Lipinski definition) is 1. The Morgan fingerprint density at radius 1 is 1.35 bits per heavy atom. The lowest BCUT2D eigenvalue weighted by Gasteiger charge is -2.17. The van der Waals surface area contributed by atoms with Crippen LogP contribution in [0.4, 0.5) is 0 Å². The fourth-order valence-corrected chi connectivity index (χ4v) is 3.66. The molecule has 5 nitrogen and oxygen atoms in total. The first-order valence-corrected chi connectivity index (χ1v) is 8.45. The Bertz CT molecular complexity index is 686. The van der Waals surface area contributed by atoms with Gasteiger partial charge in [0.1, 0.15) is 18.0 Å². The summed E-state index contributed by atoms with van der Waals surface area (Å²) in [5, 5.41) is 11.1. The molecule has 3 rings (SSSR count). The van der Waals surface area contributed by atoms with Gasteiger partial charge >= 0.3 is 0 Å². The molecule has 0 radical (unpaired) electrons. The van der Waals surface area contributed by atoms with Crippen molar-refractivity contribution < 1.29 is 14.6 Å². The normalized spacial score (nSPS) is 20.7. The highest BCUT2D eigenvalue weighted by Gasteiger charge is 2.35. The van der Waals surface area contributed by atoms with Gasteiger partial charge in [0.15, 0.2) is 0 Å². The van der Waals surface area contributed by atoms with Crippen LogP contribution >= 0.6 is 11.3 Å². The highest BCUT2D eigenvalue weighted by molar-refractivity contribution is 7.11. The summed E-state index contributed by atoms with van der Waals surface area (Å²) in [6, 6.07) is 9.37. The number of benzene rings is 1. The molecule has 1 amide bonds. The number of aliphatic hydroxyl groups is 1. The van der Waals surface area contributed by atoms with E-state index in [2.05, 4.69) is 4.98 Å². The fourth-order valence-electron chi connectivity index (χ4n) is 2.74. The van der Waals surface area contributed by atoms with E-state index in [0.717, 1.165) is 15.6 Å². The van der Waals surface area contributed by atoms with Gasteiger partial charge in [-0.2, -0.15) is 0 Å². The van der Waals surface area contributed by atoms with Crippen LogP contribution in [-0.4, -0.2) is 46.2 Å². The van der Waals surface area contributed by atoms with Crippen molar-refractivity contribution in [2.45, 2.75) is 32.5 Å². The largest absolute Gasteiger partial charge is 0.486 e. The molecule has 1 saturated heterocycles. The van der Waals surface area contributed by atoms with Gasteiger partial charge in [-0.25, -0.2) is 4.98 Å². The summed E-state index contributed by atoms with van der Waals surface area (Å²) in [5.41, 5.74) is 0.915. The number of para-hydroxylation sites is 1. The zero-order chi connectivity index (χ0) is 16.4. The summed E-state index contributed by atoms with van der Waals surface area (Å²) in [5.74, 6) is 0.717. The van der Waals surface area contributed by atoms with Gasteiger partial charge in [0.2, 0.25) is 5.91 Å². The molecule has 6 heteroatoms. The van der Waals surface area contributed by atoms with Gasteiger partial charge in [-0.3, -0.25) is 4.79 Å². The van der Waals surface area contributed by atoms with Crippen molar-refractivity contribution in [2.24, 2.45) is 0 Å². The van der Waals surface area contributed by atoms with E-state index in [1.807, 2.05) is 44.2 Å². The van der Waals surface area contributed by atoms with Gasteiger partial charge < -0.3 is 14.7 Å². The first-order valence-electron chi connectivity index (χ1n) is 7.63. The Hall–Kier alpha value is -1.92. The number of hydrogen-bond acceptors (Lipinski definition) is 5. The van der Waals surface area contributed by atoms with E-state index < -0.39 is 6.10 Å². The van der Waals surface area contributed by atoms with Gasteiger partial charge in [-0.15, -0.1) is 11.3 Å². The second-order valence-electron chi connectivity index (χ2n) is 5.75. The summed E-state index contributed by atoms with van der Waals surface area (Å²) in [4.78, 5) is 19.5. The van der Waals surface area contributed by atoms with Crippen molar-refractivity contribution in [3.05, 3.63) is 45.9 Å². The fraction of sp³-hybridized carbons (Fsp3) is 0.412. The number of carbonyl (C=O) groups is 1. The number of amides is 1.